The Balaban J connectivity index is 2.78. The molecule has 0 saturated carbocycles. The van der Waals surface area contributed by atoms with E-state index in [4.69, 9.17) is 15.9 Å². The molecule has 0 aliphatic heterocycles. The topological polar surface area (TPSA) is 144 Å². The maximum absolute atomic E-state index is 10.9. The molecule has 0 radical (unpaired) electrons. The Morgan fingerprint density at radius 2 is 2.05 bits per heavy atom. The van der Waals surface area contributed by atoms with Gasteiger partial charge >= 0.3 is 11.9 Å². The fourth-order valence-corrected chi connectivity index (χ4v) is 3.29. The Morgan fingerprint density at radius 3 is 2.55 bits per heavy atom. The third kappa shape index (κ3) is 4.40. The minimum absolute atomic E-state index is 0.124. The smallest absolute Gasteiger partial charge is 0.342 e. The van der Waals surface area contributed by atoms with E-state index in [1.165, 1.54) is 12.1 Å². The average Bonchev–Trinajstić information content (AvgIpc) is 2.37. The van der Waals surface area contributed by atoms with E-state index >= 15 is 0 Å². The van der Waals surface area contributed by atoms with E-state index < -0.39 is 34.2 Å². The first-order valence-electron chi connectivity index (χ1n) is 5.12. The van der Waals surface area contributed by atoms with E-state index in [0.29, 0.717) is 4.90 Å². The van der Waals surface area contributed by atoms with Gasteiger partial charge in [0.2, 0.25) is 0 Å². The predicted octanol–water partition coefficient (Wildman–Crippen LogP) is 1.45. The Morgan fingerprint density at radius 1 is 1.40 bits per heavy atom. The molecular formula is C10H10N2O6S2. The van der Waals surface area contributed by atoms with Crippen molar-refractivity contribution in [3.63, 3.8) is 0 Å². The molecule has 0 aromatic heterocycles. The molecule has 1 atom stereocenters. The zero-order chi connectivity index (χ0) is 15.3. The molecule has 0 fully saturated rings. The number of carbonyl (C=O) groups is 2. The van der Waals surface area contributed by atoms with E-state index in [2.05, 4.69) is 0 Å². The molecule has 0 aliphatic carbocycles. The maximum atomic E-state index is 10.9. The van der Waals surface area contributed by atoms with Gasteiger partial charge in [0.15, 0.2) is 0 Å². The number of nitrogens with zero attached hydrogens (tertiary/aromatic N) is 1. The van der Waals surface area contributed by atoms with Crippen molar-refractivity contribution in [1.29, 1.82) is 0 Å². The van der Waals surface area contributed by atoms with Crippen molar-refractivity contribution in [2.75, 3.05) is 5.75 Å². The third-order valence-corrected chi connectivity index (χ3v) is 4.51. The van der Waals surface area contributed by atoms with E-state index in [1.807, 2.05) is 0 Å². The van der Waals surface area contributed by atoms with Gasteiger partial charge in [-0.2, -0.15) is 0 Å². The van der Waals surface area contributed by atoms with Crippen LogP contribution in [0.5, 0.6) is 0 Å². The summed E-state index contributed by atoms with van der Waals surface area (Å²) < 4.78 is 0. The van der Waals surface area contributed by atoms with Crippen molar-refractivity contribution in [3.05, 3.63) is 33.9 Å². The standard InChI is InChI=1S/C10H10N2O6S2/c11-7(10(15)16)4-19-20-5-1-2-8(12(17)18)6(3-5)9(13)14/h1-3,7H,4,11H2,(H,13,14)(H,15,16). The van der Waals surface area contributed by atoms with Gasteiger partial charge in [-0.15, -0.1) is 0 Å². The second kappa shape index (κ2) is 7.12. The first-order chi connectivity index (χ1) is 9.32. The van der Waals surface area contributed by atoms with Crippen molar-refractivity contribution in [2.24, 2.45) is 5.73 Å². The Kier molecular flexibility index (Phi) is 5.80. The Bertz CT molecular complexity index is 551. The highest BCUT2D eigenvalue weighted by Gasteiger charge is 2.20. The summed E-state index contributed by atoms with van der Waals surface area (Å²) in [5.74, 6) is -2.40. The summed E-state index contributed by atoms with van der Waals surface area (Å²) in [6, 6.07) is 2.65. The minimum Gasteiger partial charge on any atom is -0.480 e. The van der Waals surface area contributed by atoms with Gasteiger partial charge in [0.25, 0.3) is 5.69 Å². The molecule has 20 heavy (non-hydrogen) atoms. The summed E-state index contributed by atoms with van der Waals surface area (Å²) in [5, 5.41) is 28.2. The lowest BCUT2D eigenvalue weighted by molar-refractivity contribution is -0.385. The number of aliphatic carboxylic acids is 1. The summed E-state index contributed by atoms with van der Waals surface area (Å²) in [7, 11) is 2.23. The molecule has 0 bridgehead atoms. The van der Waals surface area contributed by atoms with Gasteiger partial charge in [-0.25, -0.2) is 4.79 Å². The van der Waals surface area contributed by atoms with Crippen LogP contribution in [0, 0.1) is 10.1 Å². The molecule has 0 spiro atoms. The fraction of sp³-hybridized carbons (Fsp3) is 0.200. The minimum atomic E-state index is -1.40. The number of aromatic carboxylic acids is 1. The van der Waals surface area contributed by atoms with Crippen LogP contribution in [0.25, 0.3) is 0 Å². The highest BCUT2D eigenvalue weighted by molar-refractivity contribution is 8.76. The summed E-state index contributed by atoms with van der Waals surface area (Å²) >= 11 is 0. The lowest BCUT2D eigenvalue weighted by Gasteiger charge is -2.06. The number of rotatable bonds is 7. The van der Waals surface area contributed by atoms with Crippen molar-refractivity contribution in [2.45, 2.75) is 10.9 Å². The van der Waals surface area contributed by atoms with Gasteiger partial charge in [-0.05, 0) is 12.1 Å². The molecule has 0 heterocycles. The van der Waals surface area contributed by atoms with Crippen LogP contribution >= 0.6 is 21.6 Å². The summed E-state index contributed by atoms with van der Waals surface area (Å²) in [5.41, 5.74) is 4.40. The SMILES string of the molecule is NC(CSSc1ccc([N+](=O)[O-])c(C(=O)O)c1)C(=O)O. The number of nitro benzene ring substituents is 1. The second-order valence-corrected chi connectivity index (χ2v) is 5.97. The van der Waals surface area contributed by atoms with Gasteiger partial charge in [0.1, 0.15) is 11.6 Å². The average molecular weight is 318 g/mol. The molecule has 8 nitrogen and oxygen atoms in total. The zero-order valence-corrected chi connectivity index (χ0v) is 11.5. The Labute approximate surface area is 120 Å². The number of hydrogen-bond acceptors (Lipinski definition) is 7. The van der Waals surface area contributed by atoms with Gasteiger partial charge in [0, 0.05) is 16.7 Å². The van der Waals surface area contributed by atoms with Crippen LogP contribution in [0.1, 0.15) is 10.4 Å². The highest BCUT2D eigenvalue weighted by atomic mass is 33.1. The van der Waals surface area contributed by atoms with Crippen molar-refractivity contribution in [1.82, 2.24) is 0 Å². The fourth-order valence-electron chi connectivity index (χ4n) is 1.14. The summed E-state index contributed by atoms with van der Waals surface area (Å²) in [6.45, 7) is 0. The van der Waals surface area contributed by atoms with E-state index in [1.54, 1.807) is 0 Å². The van der Waals surface area contributed by atoms with Crippen LogP contribution in [0.15, 0.2) is 23.1 Å². The van der Waals surface area contributed by atoms with E-state index in [9.17, 15) is 19.7 Å². The van der Waals surface area contributed by atoms with Gasteiger partial charge in [-0.3, -0.25) is 14.9 Å². The third-order valence-electron chi connectivity index (χ3n) is 2.12. The number of benzene rings is 1. The first-order valence-corrected chi connectivity index (χ1v) is 7.44. The number of nitro groups is 1. The molecule has 4 N–H and O–H groups in total. The van der Waals surface area contributed by atoms with Crippen molar-refractivity contribution in [3.8, 4) is 0 Å². The van der Waals surface area contributed by atoms with Crippen molar-refractivity contribution < 1.29 is 24.7 Å². The number of carboxylic acids is 2. The maximum Gasteiger partial charge on any atom is 0.342 e. The Hall–Kier alpha value is -1.78. The monoisotopic (exact) mass is 318 g/mol. The molecule has 0 saturated heterocycles. The molecule has 1 unspecified atom stereocenters. The predicted molar refractivity (Wildman–Crippen MR) is 74.0 cm³/mol. The van der Waals surface area contributed by atoms with Crippen LogP contribution in [0.2, 0.25) is 0 Å². The number of carboxylic acid groups (broad SMARTS) is 2. The molecule has 10 heteroatoms. The normalized spacial score (nSPS) is 11.8. The highest BCUT2D eigenvalue weighted by Crippen LogP contribution is 2.34. The van der Waals surface area contributed by atoms with E-state index in [-0.39, 0.29) is 5.75 Å². The van der Waals surface area contributed by atoms with E-state index in [0.717, 1.165) is 27.7 Å². The van der Waals surface area contributed by atoms with Gasteiger partial charge < -0.3 is 15.9 Å². The molecule has 0 amide bonds. The largest absolute Gasteiger partial charge is 0.480 e. The first kappa shape index (κ1) is 16.3. The lowest BCUT2D eigenvalue weighted by Crippen LogP contribution is -2.32. The molecule has 0 aliphatic rings. The van der Waals surface area contributed by atoms with Crippen molar-refractivity contribution >= 4 is 39.2 Å². The summed E-state index contributed by atoms with van der Waals surface area (Å²) in [6.07, 6.45) is 0. The van der Waals surface area contributed by atoms with Crippen LogP contribution in [-0.4, -0.2) is 38.9 Å². The van der Waals surface area contributed by atoms with Crippen LogP contribution in [-0.2, 0) is 4.79 Å². The van der Waals surface area contributed by atoms with Gasteiger partial charge in [0.05, 0.1) is 4.92 Å². The molecule has 108 valence electrons. The number of hydrogen-bond donors (Lipinski definition) is 3. The second-order valence-electron chi connectivity index (χ2n) is 3.55. The van der Waals surface area contributed by atoms with Crippen LogP contribution in [0.4, 0.5) is 5.69 Å². The lowest BCUT2D eigenvalue weighted by atomic mass is 10.2. The molecular weight excluding hydrogens is 308 g/mol. The van der Waals surface area contributed by atoms with Crippen LogP contribution < -0.4 is 5.73 Å². The molecule has 1 rings (SSSR count). The summed E-state index contributed by atoms with van der Waals surface area (Å²) in [4.78, 5) is 31.8. The van der Waals surface area contributed by atoms with Crippen LogP contribution in [0.3, 0.4) is 0 Å². The quantitative estimate of drug-likeness (QED) is 0.386. The number of nitrogens with two attached hydrogens (primary N) is 1. The zero-order valence-electron chi connectivity index (χ0n) is 9.88. The molecule has 1 aromatic rings. The van der Waals surface area contributed by atoms with Gasteiger partial charge in [-0.1, -0.05) is 21.6 Å². The molecule has 1 aromatic carbocycles.